The van der Waals surface area contributed by atoms with Crippen LogP contribution in [0.5, 0.6) is 0 Å². The monoisotopic (exact) mass is 1340 g/mol. The van der Waals surface area contributed by atoms with Crippen LogP contribution in [0, 0.1) is 59.2 Å². The molecule has 3 heterocycles. The Kier molecular flexibility index (Phi) is 32.9. The highest BCUT2D eigenvalue weighted by molar-refractivity contribution is 6.00. The van der Waals surface area contributed by atoms with E-state index in [1.165, 1.54) is 78.6 Å². The van der Waals surface area contributed by atoms with Gasteiger partial charge in [0.25, 0.3) is 0 Å². The zero-order valence-corrected chi connectivity index (χ0v) is 62.6. The Labute approximate surface area is 569 Å². The Hall–Kier alpha value is -5.65. The molecule has 0 bridgehead atoms. The fourth-order valence-corrected chi connectivity index (χ4v) is 14.0. The number of rotatable bonds is 16. The second-order valence-electron chi connectivity index (χ2n) is 30.1. The summed E-state index contributed by atoms with van der Waals surface area (Å²) in [5, 5.41) is 15.1. The van der Waals surface area contributed by atoms with Crippen molar-refractivity contribution >= 4 is 64.6 Å². The fourth-order valence-electron chi connectivity index (χ4n) is 14.0. The van der Waals surface area contributed by atoms with Gasteiger partial charge in [-0.05, 0) is 87.4 Å². The van der Waals surface area contributed by atoms with E-state index < -0.39 is 155 Å². The number of carbonyl (C=O) groups is 11. The van der Waals surface area contributed by atoms with E-state index in [1.54, 1.807) is 54.7 Å². The van der Waals surface area contributed by atoms with Crippen LogP contribution in [0.3, 0.4) is 0 Å². The second kappa shape index (κ2) is 37.3. The van der Waals surface area contributed by atoms with Crippen molar-refractivity contribution < 1.29 is 67.3 Å². The number of likely N-dealkylation sites (tertiary alicyclic amines) is 1. The van der Waals surface area contributed by atoms with Crippen molar-refractivity contribution in [1.82, 2.24) is 44.5 Å². The molecule has 0 aromatic heterocycles. The molecule has 2 N–H and O–H groups in total. The van der Waals surface area contributed by atoms with Gasteiger partial charge in [0, 0.05) is 119 Å². The number of aliphatic hydroxyl groups is 1. The van der Waals surface area contributed by atoms with Gasteiger partial charge in [-0.3, -0.25) is 52.7 Å². The highest BCUT2D eigenvalue weighted by Crippen LogP contribution is 2.34. The zero-order chi connectivity index (χ0) is 72.6. The number of carbonyl (C=O) groups excluding carboxylic acids is 11. The first-order valence-corrected chi connectivity index (χ1v) is 35.2. The van der Waals surface area contributed by atoms with Crippen LogP contribution in [0.2, 0.25) is 0 Å². The summed E-state index contributed by atoms with van der Waals surface area (Å²) >= 11 is 0. The van der Waals surface area contributed by atoms with Crippen molar-refractivity contribution in [2.45, 2.75) is 242 Å². The summed E-state index contributed by atoms with van der Waals surface area (Å²) in [5.41, 5.74) is 0. The molecule has 23 nitrogen and oxygen atoms in total. The molecule has 0 aromatic rings. The number of nitrogens with zero attached hydrogens (tertiary/aromatic N) is 8. The van der Waals surface area contributed by atoms with Crippen LogP contribution >= 0.6 is 0 Å². The van der Waals surface area contributed by atoms with E-state index in [4.69, 9.17) is 9.47 Å². The van der Waals surface area contributed by atoms with Gasteiger partial charge in [-0.2, -0.15) is 0 Å². The third-order valence-electron chi connectivity index (χ3n) is 20.3. The van der Waals surface area contributed by atoms with E-state index in [0.29, 0.717) is 52.1 Å². The molecule has 3 rings (SSSR count). The molecule has 8 amide bonds. The number of hydrogen-bond acceptors (Lipinski definition) is 15. The first-order valence-electron chi connectivity index (χ1n) is 35.2. The van der Waals surface area contributed by atoms with Crippen molar-refractivity contribution in [2.75, 3.05) is 82.2 Å². The summed E-state index contributed by atoms with van der Waals surface area (Å²) in [5.74, 6) is -12.0. The predicted octanol–water partition coefficient (Wildman–Crippen LogP) is 6.36. The topological polar surface area (TPSA) is 264 Å². The van der Waals surface area contributed by atoms with Gasteiger partial charge in [0.2, 0.25) is 47.3 Å². The average Bonchev–Trinajstić information content (AvgIpc) is 1.12. The van der Waals surface area contributed by atoms with Gasteiger partial charge in [-0.1, -0.05) is 116 Å². The Morgan fingerprint density at radius 1 is 0.516 bits per heavy atom. The first kappa shape index (κ1) is 83.6. The van der Waals surface area contributed by atoms with Gasteiger partial charge in [-0.25, -0.2) is 0 Å². The maximum absolute atomic E-state index is 15.4. The lowest BCUT2D eigenvalue weighted by molar-refractivity contribution is -0.186. The SMILES string of the molecule is C/C=C/C[C@@H](C)[C@@H](O)[C@H]1C(=O)N[C@@H](CC)C(=O)N(C)C(C)C(=O)N(C)[C@@H]([C@H](C)CN2CCC3(CC2)OCCO3)C(=O)C[C@@H](C(C)C)C(=O)N(C)[C@@H](CC(C)C)C(=O)C[C@@H](C)C(=O)C[C@H](C)C(=O)N(C)[C@@H](CC(C)C)C(=O)N(C)[C@@H](CC(C)C)C(=O)N(C)[C@@H](C(C)C)C(=O)N1C. The molecule has 0 radical (unpaired) electrons. The number of amides is 8. The molecule has 14 atom stereocenters. The number of aliphatic hydroxyl groups excluding tert-OH is 1. The van der Waals surface area contributed by atoms with Crippen molar-refractivity contribution in [1.29, 1.82) is 0 Å². The summed E-state index contributed by atoms with van der Waals surface area (Å²) in [6.45, 7) is 32.9. The van der Waals surface area contributed by atoms with Gasteiger partial charge >= 0.3 is 0 Å². The third kappa shape index (κ3) is 21.9. The van der Waals surface area contributed by atoms with Crippen LogP contribution in [0.4, 0.5) is 0 Å². The Balaban J connectivity index is 2.34. The van der Waals surface area contributed by atoms with E-state index in [0.717, 1.165) is 4.90 Å². The maximum atomic E-state index is 15.4. The fraction of sp³-hybridized carbons (Fsp3) is 0.819. The Morgan fingerprint density at radius 3 is 1.46 bits per heavy atom. The molecule has 23 heteroatoms. The molecule has 3 aliphatic heterocycles. The van der Waals surface area contributed by atoms with Crippen molar-refractivity contribution in [2.24, 2.45) is 59.2 Å². The number of hydrogen-bond donors (Lipinski definition) is 2. The molecule has 95 heavy (non-hydrogen) atoms. The van der Waals surface area contributed by atoms with Crippen LogP contribution in [-0.2, 0) is 62.2 Å². The van der Waals surface area contributed by atoms with Crippen molar-refractivity contribution in [3.63, 3.8) is 0 Å². The van der Waals surface area contributed by atoms with E-state index >= 15 is 33.6 Å². The van der Waals surface area contributed by atoms with Gasteiger partial charge in [-0.15, -0.1) is 0 Å². The molecule has 3 fully saturated rings. The minimum absolute atomic E-state index is 0.0157. The van der Waals surface area contributed by atoms with Crippen LogP contribution in [-0.4, -0.2) is 251 Å². The summed E-state index contributed by atoms with van der Waals surface area (Å²) in [7, 11) is 10.3. The molecule has 1 spiro atoms. The highest BCUT2D eigenvalue weighted by Gasteiger charge is 2.48. The molecule has 542 valence electrons. The molecule has 3 aliphatic rings. The van der Waals surface area contributed by atoms with Crippen LogP contribution in [0.15, 0.2) is 12.2 Å². The molecule has 0 aliphatic carbocycles. The zero-order valence-electron chi connectivity index (χ0n) is 62.6. The molecular weight excluding hydrogens is 1210 g/mol. The van der Waals surface area contributed by atoms with Gasteiger partial charge < -0.3 is 59.1 Å². The van der Waals surface area contributed by atoms with Gasteiger partial charge in [0.05, 0.1) is 31.4 Å². The standard InChI is InChI=1S/C72H125N9O14/c1-25-27-28-47(13)63(85)62-64(86)73-53(26-2)68(90)74(18)51(17)66(88)79(23)61(50(16)41-81-31-29-72(30-32-81)94-33-34-95-72)59(84)40-52(45(9)10)67(89)75(19)54(35-42(3)4)58(83)38-48(14)57(82)39-49(15)65(87)76(20)55(36-43(5)6)69(91)77(21)56(37-44(7)8)70(92)78(22)60(46(11)12)71(93)80(62)24/h25,27,42-56,60-63,85H,26,28-41H2,1-24H3,(H,73,86)/b27-25+/t47-,48-,49+,50-,51?,52+,53+,54+,55+,56+,60+,61+,62+,63-/m1/s1. The van der Waals surface area contributed by atoms with E-state index in [2.05, 4.69) is 10.2 Å². The largest absolute Gasteiger partial charge is 0.390 e. The summed E-state index contributed by atoms with van der Waals surface area (Å²) in [6, 6.07) is -9.73. The Morgan fingerprint density at radius 2 is 0.979 bits per heavy atom. The van der Waals surface area contributed by atoms with Crippen LogP contribution in [0.25, 0.3) is 0 Å². The van der Waals surface area contributed by atoms with E-state index in [-0.39, 0.29) is 74.3 Å². The second-order valence-corrected chi connectivity index (χ2v) is 30.1. The number of likely N-dealkylation sites (N-methyl/N-ethyl adjacent to an activating group) is 7. The lowest BCUT2D eigenvalue weighted by atomic mass is 9.83. The lowest BCUT2D eigenvalue weighted by Crippen LogP contribution is -2.63. The van der Waals surface area contributed by atoms with Crippen LogP contribution < -0.4 is 5.32 Å². The maximum Gasteiger partial charge on any atom is 0.246 e. The number of ether oxygens (including phenoxy) is 2. The number of piperidine rings is 1. The quantitative estimate of drug-likeness (QED) is 0.159. The lowest BCUT2D eigenvalue weighted by Gasteiger charge is -2.42. The van der Waals surface area contributed by atoms with E-state index in [1.807, 2.05) is 75.3 Å². The Bertz CT molecular complexity index is 2650. The summed E-state index contributed by atoms with van der Waals surface area (Å²) < 4.78 is 12.0. The number of Topliss-reactive ketones (excluding diaryl/α,β-unsaturated/α-hetero) is 3. The van der Waals surface area contributed by atoms with E-state index in [9.17, 15) is 24.3 Å². The minimum atomic E-state index is -1.62. The van der Waals surface area contributed by atoms with Crippen LogP contribution in [0.1, 0.15) is 182 Å². The van der Waals surface area contributed by atoms with Crippen molar-refractivity contribution in [3.05, 3.63) is 12.2 Å². The van der Waals surface area contributed by atoms with Gasteiger partial charge in [0.1, 0.15) is 42.0 Å². The number of allylic oxidation sites excluding steroid dienone is 2. The predicted molar refractivity (Wildman–Crippen MR) is 367 cm³/mol. The normalized spacial score (nSPS) is 29.1. The molecule has 0 saturated carbocycles. The molecular formula is C72H125N9O14. The number of nitrogens with one attached hydrogen (secondary N) is 1. The third-order valence-corrected chi connectivity index (χ3v) is 20.3. The van der Waals surface area contributed by atoms with Gasteiger partial charge in [0.15, 0.2) is 17.4 Å². The van der Waals surface area contributed by atoms with Crippen molar-refractivity contribution in [3.8, 4) is 0 Å². The minimum Gasteiger partial charge on any atom is -0.390 e. The first-order chi connectivity index (χ1) is 44.1. The average molecular weight is 1340 g/mol. The molecule has 3 saturated heterocycles. The summed E-state index contributed by atoms with van der Waals surface area (Å²) in [6.07, 6.45) is 3.43. The highest BCUT2D eigenvalue weighted by atomic mass is 16.7. The number of ketones is 3. The summed E-state index contributed by atoms with van der Waals surface area (Å²) in [4.78, 5) is 176. The molecule has 0 aromatic carbocycles. The smallest absolute Gasteiger partial charge is 0.246 e. The molecule has 1 unspecified atom stereocenters.